The first-order chi connectivity index (χ1) is 11.2. The molecular weight excluding hydrogens is 302 g/mol. The number of hydrogen-bond donors (Lipinski definition) is 0. The van der Waals surface area contributed by atoms with E-state index in [1.165, 1.54) is 17.3 Å². The molecule has 2 nitrogen and oxygen atoms in total. The zero-order chi connectivity index (χ0) is 16.3. The van der Waals surface area contributed by atoms with E-state index in [0.29, 0.717) is 5.92 Å². The number of pyridine rings is 1. The molecule has 1 unspecified atom stereocenters. The Kier molecular flexibility index (Phi) is 7.61. The number of thioether (sulfide) groups is 1. The molecule has 2 rings (SSSR count). The maximum absolute atomic E-state index is 11.1. The first-order valence-electron chi connectivity index (χ1n) is 7.85. The van der Waals surface area contributed by atoms with Crippen molar-refractivity contribution in [2.24, 2.45) is 5.92 Å². The van der Waals surface area contributed by atoms with Crippen LogP contribution >= 0.6 is 11.8 Å². The molecule has 0 fully saturated rings. The minimum absolute atomic E-state index is 0.185. The van der Waals surface area contributed by atoms with Crippen molar-refractivity contribution in [3.63, 3.8) is 0 Å². The fourth-order valence-corrected chi connectivity index (χ4v) is 2.93. The van der Waals surface area contributed by atoms with Crippen LogP contribution in [0.25, 0.3) is 6.08 Å². The number of rotatable bonds is 8. The lowest BCUT2D eigenvalue weighted by molar-refractivity contribution is -0.109. The van der Waals surface area contributed by atoms with Gasteiger partial charge >= 0.3 is 0 Å². The molecule has 0 saturated heterocycles. The van der Waals surface area contributed by atoms with Gasteiger partial charge in [0.15, 0.2) is 5.12 Å². The maximum Gasteiger partial charge on any atom is 0.185 e. The predicted octanol–water partition coefficient (Wildman–Crippen LogP) is 5.02. The Bertz CT molecular complexity index is 610. The van der Waals surface area contributed by atoms with Gasteiger partial charge in [-0.3, -0.25) is 9.78 Å². The second-order valence-electron chi connectivity index (χ2n) is 5.35. The zero-order valence-electron chi connectivity index (χ0n) is 13.4. The van der Waals surface area contributed by atoms with E-state index in [0.717, 1.165) is 24.3 Å². The van der Waals surface area contributed by atoms with Crippen LogP contribution in [0.3, 0.4) is 0 Å². The van der Waals surface area contributed by atoms with Gasteiger partial charge in [-0.05, 0) is 36.5 Å². The third-order valence-electron chi connectivity index (χ3n) is 3.47. The molecule has 0 aliphatic carbocycles. The van der Waals surface area contributed by atoms with E-state index in [1.54, 1.807) is 6.92 Å². The van der Waals surface area contributed by atoms with Crippen molar-refractivity contribution in [2.45, 2.75) is 19.8 Å². The molecule has 119 valence electrons. The van der Waals surface area contributed by atoms with E-state index in [-0.39, 0.29) is 5.12 Å². The van der Waals surface area contributed by atoms with Crippen LogP contribution in [0.4, 0.5) is 0 Å². The van der Waals surface area contributed by atoms with Crippen LogP contribution in [0, 0.1) is 12.3 Å². The van der Waals surface area contributed by atoms with Gasteiger partial charge in [0, 0.05) is 31.0 Å². The Labute approximate surface area is 143 Å². The number of benzene rings is 1. The summed E-state index contributed by atoms with van der Waals surface area (Å²) in [5.74, 6) is 1.26. The molecule has 0 aliphatic heterocycles. The highest BCUT2D eigenvalue weighted by atomic mass is 32.2. The molecule has 1 atom stereocenters. The van der Waals surface area contributed by atoms with Crippen LogP contribution in [0.15, 0.2) is 60.8 Å². The van der Waals surface area contributed by atoms with E-state index in [4.69, 9.17) is 0 Å². The molecule has 1 heterocycles. The summed E-state index contributed by atoms with van der Waals surface area (Å²) < 4.78 is 0. The molecule has 0 amide bonds. The van der Waals surface area contributed by atoms with E-state index in [1.807, 2.05) is 42.6 Å². The van der Waals surface area contributed by atoms with E-state index < -0.39 is 0 Å². The highest BCUT2D eigenvalue weighted by Crippen LogP contribution is 2.20. The summed E-state index contributed by atoms with van der Waals surface area (Å²) in [6, 6.07) is 16.2. The van der Waals surface area contributed by atoms with Gasteiger partial charge in [-0.2, -0.15) is 0 Å². The number of nitrogens with zero attached hydrogens (tertiary/aromatic N) is 1. The molecule has 23 heavy (non-hydrogen) atoms. The van der Waals surface area contributed by atoms with Crippen molar-refractivity contribution in [2.75, 3.05) is 5.75 Å². The van der Waals surface area contributed by atoms with Crippen molar-refractivity contribution in [1.82, 2.24) is 4.98 Å². The number of allylic oxidation sites excluding steroid dienone is 1. The molecular formula is C20H22NOS. The lowest BCUT2D eigenvalue weighted by Crippen LogP contribution is -2.01. The van der Waals surface area contributed by atoms with Crippen molar-refractivity contribution in [3.05, 3.63) is 78.5 Å². The van der Waals surface area contributed by atoms with Crippen molar-refractivity contribution < 1.29 is 4.79 Å². The number of carbonyl (C=O) groups is 1. The van der Waals surface area contributed by atoms with Crippen LogP contribution in [0.2, 0.25) is 0 Å². The summed E-state index contributed by atoms with van der Waals surface area (Å²) in [6.07, 6.45) is 10.3. The van der Waals surface area contributed by atoms with Gasteiger partial charge in [-0.15, -0.1) is 0 Å². The number of aromatic nitrogens is 1. The summed E-state index contributed by atoms with van der Waals surface area (Å²) in [7, 11) is 0. The highest BCUT2D eigenvalue weighted by Gasteiger charge is 2.07. The summed E-state index contributed by atoms with van der Waals surface area (Å²) >= 11 is 1.40. The molecule has 3 heteroatoms. The van der Waals surface area contributed by atoms with Gasteiger partial charge in [0.2, 0.25) is 0 Å². The SMILES string of the molecule is CC(=O)SCCC(C=Cc1ccccc1)C[CH]c1ccccn1. The molecule has 0 bridgehead atoms. The molecule has 1 aromatic carbocycles. The first kappa shape index (κ1) is 17.5. The lowest BCUT2D eigenvalue weighted by atomic mass is 9.97. The van der Waals surface area contributed by atoms with Crippen LogP contribution in [0.1, 0.15) is 31.0 Å². The van der Waals surface area contributed by atoms with Gasteiger partial charge in [0.25, 0.3) is 0 Å². The molecule has 0 saturated carbocycles. The Morgan fingerprint density at radius 1 is 1.17 bits per heavy atom. The fourth-order valence-electron chi connectivity index (χ4n) is 2.23. The van der Waals surface area contributed by atoms with E-state index >= 15 is 0 Å². The molecule has 0 spiro atoms. The molecule has 1 radical (unpaired) electrons. The topological polar surface area (TPSA) is 30.0 Å². The fraction of sp³-hybridized carbons (Fsp3) is 0.250. The van der Waals surface area contributed by atoms with E-state index in [2.05, 4.69) is 35.7 Å². The van der Waals surface area contributed by atoms with Gasteiger partial charge in [0.05, 0.1) is 0 Å². The van der Waals surface area contributed by atoms with Gasteiger partial charge < -0.3 is 0 Å². The average Bonchev–Trinajstić information content (AvgIpc) is 2.58. The largest absolute Gasteiger partial charge is 0.288 e. The lowest BCUT2D eigenvalue weighted by Gasteiger charge is -2.12. The van der Waals surface area contributed by atoms with Crippen LogP contribution in [0.5, 0.6) is 0 Å². The third kappa shape index (κ3) is 7.29. The van der Waals surface area contributed by atoms with E-state index in [9.17, 15) is 4.79 Å². The predicted molar refractivity (Wildman–Crippen MR) is 99.0 cm³/mol. The summed E-state index contributed by atoms with van der Waals surface area (Å²) in [5, 5.41) is 0.185. The second-order valence-corrected chi connectivity index (χ2v) is 6.62. The quantitative estimate of drug-likeness (QED) is 0.682. The summed E-state index contributed by atoms with van der Waals surface area (Å²) in [5.41, 5.74) is 2.21. The Hall–Kier alpha value is -1.87. The normalized spacial score (nSPS) is 12.4. The van der Waals surface area contributed by atoms with Crippen molar-refractivity contribution in [1.29, 1.82) is 0 Å². The number of hydrogen-bond acceptors (Lipinski definition) is 3. The average molecular weight is 324 g/mol. The van der Waals surface area contributed by atoms with Crippen LogP contribution in [-0.4, -0.2) is 15.9 Å². The number of carbonyl (C=O) groups excluding carboxylic acids is 1. The van der Waals surface area contributed by atoms with Crippen LogP contribution < -0.4 is 0 Å². The Morgan fingerprint density at radius 2 is 1.96 bits per heavy atom. The zero-order valence-corrected chi connectivity index (χ0v) is 14.2. The monoisotopic (exact) mass is 324 g/mol. The molecule has 1 aromatic heterocycles. The summed E-state index contributed by atoms with van der Waals surface area (Å²) in [4.78, 5) is 15.4. The summed E-state index contributed by atoms with van der Waals surface area (Å²) in [6.45, 7) is 1.62. The minimum atomic E-state index is 0.185. The molecule has 2 aromatic rings. The Balaban J connectivity index is 1.93. The third-order valence-corrected chi connectivity index (χ3v) is 4.32. The van der Waals surface area contributed by atoms with Crippen LogP contribution in [-0.2, 0) is 4.79 Å². The van der Waals surface area contributed by atoms with Gasteiger partial charge in [0.1, 0.15) is 0 Å². The highest BCUT2D eigenvalue weighted by molar-refractivity contribution is 8.13. The standard InChI is InChI=1S/C20H22NOS/c1-17(22)23-16-14-19(11-10-18-7-3-2-4-8-18)12-13-20-9-5-6-15-21-20/h2-11,13,15,19H,12,14,16H2,1H3. The maximum atomic E-state index is 11.1. The minimum Gasteiger partial charge on any atom is -0.288 e. The molecule has 0 N–H and O–H groups in total. The van der Waals surface area contributed by atoms with Crippen molar-refractivity contribution >= 4 is 23.0 Å². The smallest absolute Gasteiger partial charge is 0.185 e. The van der Waals surface area contributed by atoms with Crippen molar-refractivity contribution in [3.8, 4) is 0 Å². The van der Waals surface area contributed by atoms with Gasteiger partial charge in [-0.25, -0.2) is 0 Å². The Morgan fingerprint density at radius 3 is 2.65 bits per heavy atom. The molecule has 0 aliphatic rings. The first-order valence-corrected chi connectivity index (χ1v) is 8.83. The second kappa shape index (κ2) is 10.0. The van der Waals surface area contributed by atoms with Gasteiger partial charge in [-0.1, -0.05) is 60.3 Å².